The van der Waals surface area contributed by atoms with E-state index < -0.39 is 17.8 Å². The molecule has 0 heterocycles. The zero-order valence-corrected chi connectivity index (χ0v) is 17.0. The van der Waals surface area contributed by atoms with Gasteiger partial charge >= 0.3 is 11.9 Å². The van der Waals surface area contributed by atoms with Crippen LogP contribution in [-0.4, -0.2) is 46.3 Å². The Morgan fingerprint density at radius 2 is 1.53 bits per heavy atom. The second-order valence-corrected chi connectivity index (χ2v) is 5.77. The third-order valence-electron chi connectivity index (χ3n) is 3.95. The largest absolute Gasteiger partial charge is 0.493 e. The summed E-state index contributed by atoms with van der Waals surface area (Å²) < 4.78 is 19.6. The first-order valence-electron chi connectivity index (χ1n) is 8.70. The van der Waals surface area contributed by atoms with Gasteiger partial charge in [0.15, 0.2) is 11.5 Å². The predicted molar refractivity (Wildman–Crippen MR) is 110 cm³/mol. The molecule has 0 bridgehead atoms. The molecule has 30 heavy (non-hydrogen) atoms. The summed E-state index contributed by atoms with van der Waals surface area (Å²) in [4.78, 5) is 36.4. The normalized spacial score (nSPS) is 10.6. The first kappa shape index (κ1) is 22.3. The predicted octanol–water partition coefficient (Wildman–Crippen LogP) is 2.60. The number of hydrogen-bond acceptors (Lipinski definition) is 8. The molecule has 0 saturated heterocycles. The number of hydrogen-bond donors (Lipinski definition) is 2. The highest BCUT2D eigenvalue weighted by Crippen LogP contribution is 2.30. The molecule has 0 aliphatic carbocycles. The van der Waals surface area contributed by atoms with E-state index in [1.54, 1.807) is 42.5 Å². The monoisotopic (exact) mass is 414 g/mol. The molecular weight excluding hydrogens is 392 g/mol. The van der Waals surface area contributed by atoms with E-state index in [9.17, 15) is 14.4 Å². The van der Waals surface area contributed by atoms with Crippen LogP contribution in [0.15, 0.2) is 54.2 Å². The number of carbonyl (C=O) groups is 3. The van der Waals surface area contributed by atoms with Crippen LogP contribution < -0.4 is 20.1 Å². The van der Waals surface area contributed by atoms with Crippen LogP contribution in [0.1, 0.15) is 10.4 Å². The summed E-state index contributed by atoms with van der Waals surface area (Å²) >= 11 is 0. The van der Waals surface area contributed by atoms with Crippen molar-refractivity contribution in [2.75, 3.05) is 39.1 Å². The van der Waals surface area contributed by atoms with E-state index in [1.165, 1.54) is 28.4 Å². The average molecular weight is 414 g/mol. The summed E-state index contributed by atoms with van der Waals surface area (Å²) in [7, 11) is 5.35. The molecule has 2 rings (SSSR count). The number of para-hydroxylation sites is 1. The highest BCUT2D eigenvalue weighted by Gasteiger charge is 2.18. The minimum absolute atomic E-state index is 0.185. The van der Waals surface area contributed by atoms with Gasteiger partial charge in [0.05, 0.1) is 45.8 Å². The van der Waals surface area contributed by atoms with Crippen LogP contribution in [0.4, 0.5) is 11.4 Å². The van der Waals surface area contributed by atoms with Crippen LogP contribution in [0.5, 0.6) is 11.5 Å². The van der Waals surface area contributed by atoms with E-state index in [-0.39, 0.29) is 16.9 Å². The Bertz CT molecular complexity index is 970. The fourth-order valence-corrected chi connectivity index (χ4v) is 2.48. The Morgan fingerprint density at radius 3 is 2.17 bits per heavy atom. The number of carbonyl (C=O) groups excluding carboxylic acids is 3. The fraction of sp³-hybridized carbons (Fsp3) is 0.190. The standard InChI is InChI=1S/C21H22N2O7/c1-27-17-10-9-13(11-18(17)28-2)22-20(25)14-7-5-6-8-15(14)23-16(21(26)30-4)12-19(24)29-3/h5-12,23H,1-4H3,(H,22,25)/b16-12+. The quantitative estimate of drug-likeness (QED) is 0.501. The van der Waals surface area contributed by atoms with Crippen LogP contribution in [0.3, 0.4) is 0 Å². The molecule has 0 aliphatic heterocycles. The summed E-state index contributed by atoms with van der Waals surface area (Å²) in [5.74, 6) is -1.03. The van der Waals surface area contributed by atoms with Crippen LogP contribution in [0.25, 0.3) is 0 Å². The molecule has 0 spiro atoms. The van der Waals surface area contributed by atoms with Gasteiger partial charge in [-0.1, -0.05) is 12.1 Å². The van der Waals surface area contributed by atoms with Crippen LogP contribution in [-0.2, 0) is 19.1 Å². The number of rotatable bonds is 8. The van der Waals surface area contributed by atoms with Gasteiger partial charge in [-0.25, -0.2) is 9.59 Å². The Hall–Kier alpha value is -4.01. The van der Waals surface area contributed by atoms with Gasteiger partial charge in [0.2, 0.25) is 0 Å². The summed E-state index contributed by atoms with van der Waals surface area (Å²) in [6.45, 7) is 0. The van der Waals surface area contributed by atoms with Crippen molar-refractivity contribution in [3.8, 4) is 11.5 Å². The van der Waals surface area contributed by atoms with Gasteiger partial charge in [0.1, 0.15) is 5.70 Å². The van der Waals surface area contributed by atoms with E-state index in [4.69, 9.17) is 9.47 Å². The summed E-state index contributed by atoms with van der Waals surface area (Å²) in [6.07, 6.45) is 0.939. The van der Waals surface area contributed by atoms with Crippen molar-refractivity contribution in [2.24, 2.45) is 0 Å². The van der Waals surface area contributed by atoms with Crippen molar-refractivity contribution in [2.45, 2.75) is 0 Å². The lowest BCUT2D eigenvalue weighted by Crippen LogP contribution is -2.19. The van der Waals surface area contributed by atoms with E-state index >= 15 is 0 Å². The lowest BCUT2D eigenvalue weighted by atomic mass is 10.1. The summed E-state index contributed by atoms with van der Waals surface area (Å²) in [5, 5.41) is 5.50. The van der Waals surface area contributed by atoms with Crippen molar-refractivity contribution in [1.82, 2.24) is 0 Å². The van der Waals surface area contributed by atoms with Crippen LogP contribution >= 0.6 is 0 Å². The fourth-order valence-electron chi connectivity index (χ4n) is 2.48. The third-order valence-corrected chi connectivity index (χ3v) is 3.95. The first-order valence-corrected chi connectivity index (χ1v) is 8.70. The number of methoxy groups -OCH3 is 4. The highest BCUT2D eigenvalue weighted by molar-refractivity contribution is 6.09. The molecule has 0 atom stereocenters. The number of esters is 2. The van der Waals surface area contributed by atoms with Crippen LogP contribution in [0.2, 0.25) is 0 Å². The second-order valence-electron chi connectivity index (χ2n) is 5.77. The van der Waals surface area contributed by atoms with Gasteiger partial charge in [0.25, 0.3) is 5.91 Å². The molecule has 0 fully saturated rings. The molecule has 0 aliphatic rings. The molecule has 9 heteroatoms. The van der Waals surface area contributed by atoms with E-state index in [0.29, 0.717) is 17.2 Å². The summed E-state index contributed by atoms with van der Waals surface area (Å²) in [5.41, 5.74) is 0.810. The molecule has 2 N–H and O–H groups in total. The number of ether oxygens (including phenoxy) is 4. The lowest BCUT2D eigenvalue weighted by Gasteiger charge is -2.14. The molecule has 0 unspecified atom stereocenters. The highest BCUT2D eigenvalue weighted by atomic mass is 16.5. The van der Waals surface area contributed by atoms with E-state index in [2.05, 4.69) is 20.1 Å². The van der Waals surface area contributed by atoms with Crippen molar-refractivity contribution in [3.05, 3.63) is 59.8 Å². The van der Waals surface area contributed by atoms with Crippen LogP contribution in [0, 0.1) is 0 Å². The topological polar surface area (TPSA) is 112 Å². The molecule has 2 aromatic carbocycles. The SMILES string of the molecule is COC(=O)/C=C(/Nc1ccccc1C(=O)Nc1ccc(OC)c(OC)c1)C(=O)OC. The first-order chi connectivity index (χ1) is 14.4. The Labute approximate surface area is 173 Å². The van der Waals surface area contributed by atoms with E-state index in [0.717, 1.165) is 6.08 Å². The van der Waals surface area contributed by atoms with Crippen molar-refractivity contribution in [3.63, 3.8) is 0 Å². The number of nitrogens with one attached hydrogen (secondary N) is 2. The minimum Gasteiger partial charge on any atom is -0.493 e. The number of benzene rings is 2. The van der Waals surface area contributed by atoms with Crippen molar-refractivity contribution >= 4 is 29.2 Å². The lowest BCUT2D eigenvalue weighted by molar-refractivity contribution is -0.138. The molecule has 0 aromatic heterocycles. The van der Waals surface area contributed by atoms with Crippen molar-refractivity contribution < 1.29 is 33.3 Å². The smallest absolute Gasteiger partial charge is 0.354 e. The van der Waals surface area contributed by atoms with Gasteiger partial charge in [-0.2, -0.15) is 0 Å². The minimum atomic E-state index is -0.796. The molecule has 0 saturated carbocycles. The Morgan fingerprint density at radius 1 is 0.833 bits per heavy atom. The molecule has 2 aromatic rings. The Kier molecular flexibility index (Phi) is 7.81. The number of anilines is 2. The number of amides is 1. The van der Waals surface area contributed by atoms with Gasteiger partial charge in [-0.05, 0) is 24.3 Å². The van der Waals surface area contributed by atoms with Gasteiger partial charge in [-0.3, -0.25) is 4.79 Å². The molecule has 158 valence electrons. The Balaban J connectivity index is 2.31. The maximum Gasteiger partial charge on any atom is 0.354 e. The molecule has 0 radical (unpaired) electrons. The van der Waals surface area contributed by atoms with Gasteiger partial charge in [-0.15, -0.1) is 0 Å². The second kappa shape index (κ2) is 10.5. The summed E-state index contributed by atoms with van der Waals surface area (Å²) in [6, 6.07) is 11.4. The average Bonchev–Trinajstić information content (AvgIpc) is 2.77. The molecule has 1 amide bonds. The maximum atomic E-state index is 12.8. The van der Waals surface area contributed by atoms with Gasteiger partial charge < -0.3 is 29.6 Å². The maximum absolute atomic E-state index is 12.8. The zero-order valence-electron chi connectivity index (χ0n) is 17.0. The zero-order chi connectivity index (χ0) is 22.1. The third kappa shape index (κ3) is 5.51. The molecule has 9 nitrogen and oxygen atoms in total. The molecular formula is C21H22N2O7. The van der Waals surface area contributed by atoms with E-state index in [1.807, 2.05) is 0 Å². The van der Waals surface area contributed by atoms with Crippen molar-refractivity contribution in [1.29, 1.82) is 0 Å². The van der Waals surface area contributed by atoms with Gasteiger partial charge in [0, 0.05) is 11.8 Å².